The fourth-order valence-electron chi connectivity index (χ4n) is 2.18. The lowest BCUT2D eigenvalue weighted by Gasteiger charge is -2.09. The Labute approximate surface area is 139 Å². The number of rotatable bonds is 4. The molecule has 1 heterocycles. The monoisotopic (exact) mass is 345 g/mol. The summed E-state index contributed by atoms with van der Waals surface area (Å²) in [7, 11) is 0. The molecule has 0 aliphatic carbocycles. The highest BCUT2D eigenvalue weighted by atomic mass is 35.5. The molecule has 0 bridgehead atoms. The highest BCUT2D eigenvalue weighted by Gasteiger charge is 2.17. The van der Waals surface area contributed by atoms with Gasteiger partial charge in [-0.15, -0.1) is 0 Å². The lowest BCUT2D eigenvalue weighted by atomic mass is 10.1. The number of benzene rings is 2. The Morgan fingerprint density at radius 3 is 2.42 bits per heavy atom. The Morgan fingerprint density at radius 2 is 1.75 bits per heavy atom. The van der Waals surface area contributed by atoms with Gasteiger partial charge in [0.15, 0.2) is 5.75 Å². The van der Waals surface area contributed by atoms with Gasteiger partial charge in [-0.2, -0.15) is 0 Å². The molecular formula is C15H8ClN3O5. The number of nitrogens with zero attached hydrogens (tertiary/aromatic N) is 3. The third kappa shape index (κ3) is 2.82. The molecule has 24 heavy (non-hydrogen) atoms. The van der Waals surface area contributed by atoms with Crippen LogP contribution in [0.5, 0.6) is 11.5 Å². The van der Waals surface area contributed by atoms with Gasteiger partial charge in [0.2, 0.25) is 0 Å². The molecular weight excluding hydrogens is 338 g/mol. The predicted octanol–water partition coefficient (Wildman–Crippen LogP) is 4.50. The van der Waals surface area contributed by atoms with Crippen LogP contribution < -0.4 is 4.74 Å². The lowest BCUT2D eigenvalue weighted by molar-refractivity contribution is -0.384. The van der Waals surface area contributed by atoms with Crippen LogP contribution >= 0.6 is 11.6 Å². The Kier molecular flexibility index (Phi) is 3.97. The molecule has 2 aromatic carbocycles. The minimum absolute atomic E-state index is 0.0478. The zero-order chi connectivity index (χ0) is 17.3. The number of nitro benzene ring substituents is 2. The summed E-state index contributed by atoms with van der Waals surface area (Å²) in [5.74, 6) is 0.440. The van der Waals surface area contributed by atoms with Crippen molar-refractivity contribution in [1.82, 2.24) is 4.98 Å². The van der Waals surface area contributed by atoms with Crippen molar-refractivity contribution in [1.29, 1.82) is 0 Å². The van der Waals surface area contributed by atoms with Gasteiger partial charge in [-0.05, 0) is 24.3 Å². The third-order valence-electron chi connectivity index (χ3n) is 3.25. The summed E-state index contributed by atoms with van der Waals surface area (Å²) in [6.07, 6.45) is 1.48. The van der Waals surface area contributed by atoms with Gasteiger partial charge in [-0.1, -0.05) is 11.6 Å². The van der Waals surface area contributed by atoms with E-state index in [4.69, 9.17) is 16.3 Å². The summed E-state index contributed by atoms with van der Waals surface area (Å²) >= 11 is 6.00. The number of fused-ring (bicyclic) bond motifs is 1. The van der Waals surface area contributed by atoms with E-state index in [0.717, 1.165) is 6.07 Å². The number of ether oxygens (including phenoxy) is 1. The number of nitro groups is 2. The first-order valence-corrected chi connectivity index (χ1v) is 6.99. The van der Waals surface area contributed by atoms with E-state index >= 15 is 0 Å². The Balaban J connectivity index is 2.07. The zero-order valence-electron chi connectivity index (χ0n) is 11.9. The molecule has 0 radical (unpaired) electrons. The van der Waals surface area contributed by atoms with Crippen molar-refractivity contribution in [3.8, 4) is 11.5 Å². The summed E-state index contributed by atoms with van der Waals surface area (Å²) in [6, 6.07) is 9.63. The molecule has 120 valence electrons. The fraction of sp³-hybridized carbons (Fsp3) is 0. The zero-order valence-corrected chi connectivity index (χ0v) is 12.6. The molecule has 0 atom stereocenters. The summed E-state index contributed by atoms with van der Waals surface area (Å²) in [4.78, 5) is 24.9. The number of non-ortho nitro benzene ring substituents is 2. The molecule has 8 nitrogen and oxygen atoms in total. The van der Waals surface area contributed by atoms with Crippen molar-refractivity contribution >= 4 is 33.9 Å². The smallest absolute Gasteiger partial charge is 0.279 e. The van der Waals surface area contributed by atoms with E-state index in [1.54, 1.807) is 12.1 Å². The molecule has 0 aliphatic rings. The van der Waals surface area contributed by atoms with E-state index in [-0.39, 0.29) is 27.9 Å². The van der Waals surface area contributed by atoms with Gasteiger partial charge >= 0.3 is 0 Å². The first-order chi connectivity index (χ1) is 11.5. The van der Waals surface area contributed by atoms with Gasteiger partial charge in [-0.25, -0.2) is 0 Å². The maximum absolute atomic E-state index is 11.1. The first kappa shape index (κ1) is 15.6. The van der Waals surface area contributed by atoms with Crippen LogP contribution in [-0.2, 0) is 0 Å². The van der Waals surface area contributed by atoms with Gasteiger partial charge in [0, 0.05) is 24.4 Å². The molecule has 0 fully saturated rings. The summed E-state index contributed by atoms with van der Waals surface area (Å²) in [6.45, 7) is 0. The summed E-state index contributed by atoms with van der Waals surface area (Å²) in [5.41, 5.74) is 0.0281. The van der Waals surface area contributed by atoms with Gasteiger partial charge in [0.1, 0.15) is 11.3 Å². The molecule has 0 amide bonds. The first-order valence-electron chi connectivity index (χ1n) is 6.61. The Bertz CT molecular complexity index is 976. The van der Waals surface area contributed by atoms with Crippen LogP contribution in [0.3, 0.4) is 0 Å². The maximum atomic E-state index is 11.1. The number of halogens is 1. The van der Waals surface area contributed by atoms with Crippen molar-refractivity contribution in [2.24, 2.45) is 0 Å². The van der Waals surface area contributed by atoms with E-state index in [1.807, 2.05) is 0 Å². The highest BCUT2D eigenvalue weighted by Crippen LogP contribution is 2.37. The molecule has 0 aliphatic heterocycles. The van der Waals surface area contributed by atoms with Crippen LogP contribution in [0.1, 0.15) is 0 Å². The van der Waals surface area contributed by atoms with E-state index in [0.29, 0.717) is 10.9 Å². The number of pyridine rings is 1. The topological polar surface area (TPSA) is 108 Å². The second-order valence-corrected chi connectivity index (χ2v) is 5.12. The maximum Gasteiger partial charge on any atom is 0.279 e. The van der Waals surface area contributed by atoms with Gasteiger partial charge in [0.05, 0.1) is 20.3 Å². The Hall–Kier alpha value is -3.26. The molecule has 0 N–H and O–H groups in total. The van der Waals surface area contributed by atoms with Crippen LogP contribution in [0.25, 0.3) is 10.9 Å². The number of aromatic nitrogens is 1. The van der Waals surface area contributed by atoms with Crippen molar-refractivity contribution in [3.05, 3.63) is 73.9 Å². The lowest BCUT2D eigenvalue weighted by Crippen LogP contribution is -1.94. The number of hydrogen-bond donors (Lipinski definition) is 0. The quantitative estimate of drug-likeness (QED) is 0.508. The third-order valence-corrected chi connectivity index (χ3v) is 3.55. The number of hydrogen-bond acceptors (Lipinski definition) is 6. The summed E-state index contributed by atoms with van der Waals surface area (Å²) in [5, 5.41) is 22.2. The van der Waals surface area contributed by atoms with E-state index < -0.39 is 9.85 Å². The highest BCUT2D eigenvalue weighted by molar-refractivity contribution is 6.32. The van der Waals surface area contributed by atoms with Crippen LogP contribution in [0.4, 0.5) is 11.4 Å². The second kappa shape index (κ2) is 6.09. The molecule has 0 unspecified atom stereocenters. The SMILES string of the molecule is O=[N+]([O-])c1ccc(Oc2ccc([N+](=O)[O-])c3cccnc23)c(Cl)c1. The Morgan fingerprint density at radius 1 is 1.00 bits per heavy atom. The molecule has 1 aromatic heterocycles. The van der Waals surface area contributed by atoms with Gasteiger partial charge in [0.25, 0.3) is 11.4 Å². The average molecular weight is 346 g/mol. The molecule has 0 saturated heterocycles. The van der Waals surface area contributed by atoms with E-state index in [9.17, 15) is 20.2 Å². The molecule has 9 heteroatoms. The molecule has 3 rings (SSSR count). The van der Waals surface area contributed by atoms with Crippen molar-refractivity contribution < 1.29 is 14.6 Å². The van der Waals surface area contributed by atoms with E-state index in [1.165, 1.54) is 30.5 Å². The molecule has 0 spiro atoms. The van der Waals surface area contributed by atoms with E-state index in [2.05, 4.69) is 4.98 Å². The minimum Gasteiger partial charge on any atom is -0.453 e. The second-order valence-electron chi connectivity index (χ2n) is 4.71. The predicted molar refractivity (Wildman–Crippen MR) is 86.6 cm³/mol. The van der Waals surface area contributed by atoms with Crippen molar-refractivity contribution in [2.45, 2.75) is 0 Å². The largest absolute Gasteiger partial charge is 0.453 e. The van der Waals surface area contributed by atoms with Gasteiger partial charge in [-0.3, -0.25) is 25.2 Å². The molecule has 0 saturated carbocycles. The summed E-state index contributed by atoms with van der Waals surface area (Å²) < 4.78 is 5.65. The van der Waals surface area contributed by atoms with Crippen molar-refractivity contribution in [2.75, 3.05) is 0 Å². The standard InChI is InChI=1S/C15H8ClN3O5/c16-11-8-9(18(20)21)3-5-13(11)24-14-6-4-12(19(22)23)10-2-1-7-17-15(10)14/h1-8H. The van der Waals surface area contributed by atoms with Crippen LogP contribution in [0.15, 0.2) is 48.7 Å². The van der Waals surface area contributed by atoms with Gasteiger partial charge < -0.3 is 4.74 Å². The van der Waals surface area contributed by atoms with Crippen molar-refractivity contribution in [3.63, 3.8) is 0 Å². The normalized spacial score (nSPS) is 10.5. The molecule has 3 aromatic rings. The van der Waals surface area contributed by atoms with Crippen LogP contribution in [0, 0.1) is 20.2 Å². The van der Waals surface area contributed by atoms with Crippen LogP contribution in [0.2, 0.25) is 5.02 Å². The minimum atomic E-state index is -0.571. The van der Waals surface area contributed by atoms with Crippen LogP contribution in [-0.4, -0.2) is 14.8 Å². The fourth-order valence-corrected chi connectivity index (χ4v) is 2.39. The average Bonchev–Trinajstić information content (AvgIpc) is 2.56.